The molecule has 2 fully saturated rings. The molecule has 0 spiro atoms. The van der Waals surface area contributed by atoms with Crippen LogP contribution in [0.4, 0.5) is 0 Å². The van der Waals surface area contributed by atoms with Crippen molar-refractivity contribution < 1.29 is 37.5 Å². The van der Waals surface area contributed by atoms with Gasteiger partial charge in [0.25, 0.3) is 0 Å². The molecule has 0 amide bonds. The molecule has 9 nitrogen and oxygen atoms in total. The molecule has 8 atom stereocenters. The standard InChI is InChI=1S/C18H36NO8P/c1-10(2)22-8-16-18(17(19)13(6)26-16)27-28(20,21)23-9-15-14(24-11(3)4)7-12(5)25-15/h10-18H,7-9,19H2,1-6H3,(H,20,21)/t12-,13-,14?,15+,16+,17+,18?/m0/s1. The molecule has 0 radical (unpaired) electrons. The van der Waals surface area contributed by atoms with Crippen molar-refractivity contribution in [3.8, 4) is 0 Å². The van der Waals surface area contributed by atoms with Crippen LogP contribution in [0.3, 0.4) is 0 Å². The first-order valence-corrected chi connectivity index (χ1v) is 11.5. The quantitative estimate of drug-likeness (QED) is 0.507. The second-order valence-electron chi connectivity index (χ2n) is 8.12. The van der Waals surface area contributed by atoms with Crippen molar-refractivity contribution in [1.29, 1.82) is 0 Å². The summed E-state index contributed by atoms with van der Waals surface area (Å²) in [6, 6.07) is -0.565. The van der Waals surface area contributed by atoms with E-state index in [4.69, 9.17) is 33.7 Å². The van der Waals surface area contributed by atoms with Gasteiger partial charge in [-0.15, -0.1) is 0 Å². The van der Waals surface area contributed by atoms with Crippen LogP contribution in [-0.2, 0) is 32.6 Å². The summed E-state index contributed by atoms with van der Waals surface area (Å²) >= 11 is 0. The smallest absolute Gasteiger partial charge is 0.376 e. The second-order valence-corrected chi connectivity index (χ2v) is 9.52. The van der Waals surface area contributed by atoms with Gasteiger partial charge in [0.05, 0.1) is 49.8 Å². The Morgan fingerprint density at radius 3 is 2.39 bits per heavy atom. The molecular formula is C18H36NO8P. The highest BCUT2D eigenvalue weighted by Gasteiger charge is 2.46. The maximum atomic E-state index is 12.5. The number of ether oxygens (including phenoxy) is 4. The molecular weight excluding hydrogens is 389 g/mol. The zero-order valence-corrected chi connectivity index (χ0v) is 18.5. The van der Waals surface area contributed by atoms with Crippen LogP contribution < -0.4 is 5.73 Å². The largest absolute Gasteiger partial charge is 0.472 e. The zero-order valence-electron chi connectivity index (χ0n) is 17.6. The number of nitrogens with two attached hydrogens (primary N) is 1. The van der Waals surface area contributed by atoms with Gasteiger partial charge in [0.1, 0.15) is 18.3 Å². The predicted molar refractivity (Wildman–Crippen MR) is 103 cm³/mol. The lowest BCUT2D eigenvalue weighted by Crippen LogP contribution is -2.42. The molecule has 3 unspecified atom stereocenters. The minimum atomic E-state index is -4.37. The van der Waals surface area contributed by atoms with E-state index in [9.17, 15) is 9.46 Å². The van der Waals surface area contributed by atoms with Crippen molar-refractivity contribution in [2.24, 2.45) is 5.73 Å². The van der Waals surface area contributed by atoms with Gasteiger partial charge >= 0.3 is 7.82 Å². The Labute approximate surface area is 167 Å². The molecule has 2 saturated heterocycles. The fraction of sp³-hybridized carbons (Fsp3) is 1.00. The monoisotopic (exact) mass is 425 g/mol. The minimum absolute atomic E-state index is 0.00652. The predicted octanol–water partition coefficient (Wildman–Crippen LogP) is 2.00. The summed E-state index contributed by atoms with van der Waals surface area (Å²) in [5.74, 6) is 0. The lowest BCUT2D eigenvalue weighted by Gasteiger charge is -2.26. The third-order valence-electron chi connectivity index (χ3n) is 4.76. The summed E-state index contributed by atoms with van der Waals surface area (Å²) in [5.41, 5.74) is 6.10. The van der Waals surface area contributed by atoms with Gasteiger partial charge < -0.3 is 29.6 Å². The fourth-order valence-corrected chi connectivity index (χ4v) is 4.41. The second kappa shape index (κ2) is 10.3. The van der Waals surface area contributed by atoms with Crippen LogP contribution in [0.5, 0.6) is 0 Å². The van der Waals surface area contributed by atoms with Gasteiger partial charge in [-0.05, 0) is 41.5 Å². The van der Waals surface area contributed by atoms with E-state index in [-0.39, 0.29) is 43.7 Å². The molecule has 2 rings (SSSR count). The zero-order chi connectivity index (χ0) is 21.1. The molecule has 0 aromatic rings. The number of phosphoric acid groups is 1. The summed E-state index contributed by atoms with van der Waals surface area (Å²) in [5, 5.41) is 0. The van der Waals surface area contributed by atoms with Gasteiger partial charge in [-0.2, -0.15) is 0 Å². The van der Waals surface area contributed by atoms with Gasteiger partial charge in [0.15, 0.2) is 0 Å². The van der Waals surface area contributed by atoms with Crippen LogP contribution >= 0.6 is 7.82 Å². The molecule has 166 valence electrons. The average molecular weight is 425 g/mol. The Balaban J connectivity index is 1.93. The van der Waals surface area contributed by atoms with E-state index < -0.39 is 32.2 Å². The summed E-state index contributed by atoms with van der Waals surface area (Å²) in [6.07, 6.45) is -1.60. The van der Waals surface area contributed by atoms with Gasteiger partial charge in [-0.1, -0.05) is 0 Å². The SMILES string of the molecule is CC(C)OC[C@H]1O[C@@H](C)[C@@H](N)C1OP(=O)(O)OC[C@H]1O[C@@H](C)CC1OC(C)C. The number of hydrogen-bond donors (Lipinski definition) is 2. The normalized spacial score (nSPS) is 38.4. The first-order chi connectivity index (χ1) is 13.0. The molecule has 0 aliphatic carbocycles. The van der Waals surface area contributed by atoms with Gasteiger partial charge in [0.2, 0.25) is 0 Å². The van der Waals surface area contributed by atoms with Gasteiger partial charge in [-0.25, -0.2) is 4.57 Å². The van der Waals surface area contributed by atoms with E-state index in [1.165, 1.54) is 0 Å². The Morgan fingerprint density at radius 1 is 1.11 bits per heavy atom. The van der Waals surface area contributed by atoms with Crippen molar-refractivity contribution in [1.82, 2.24) is 0 Å². The molecule has 3 N–H and O–H groups in total. The van der Waals surface area contributed by atoms with Gasteiger partial charge in [0, 0.05) is 6.42 Å². The Kier molecular flexibility index (Phi) is 8.88. The molecule has 0 aromatic heterocycles. The molecule has 2 heterocycles. The first-order valence-electron chi connectivity index (χ1n) is 9.97. The molecule has 2 aliphatic heterocycles. The Hall–Kier alpha value is -0.0900. The highest BCUT2D eigenvalue weighted by atomic mass is 31.2. The van der Waals surface area contributed by atoms with Crippen LogP contribution in [-0.4, -0.2) is 73.0 Å². The van der Waals surface area contributed by atoms with E-state index in [2.05, 4.69) is 0 Å². The van der Waals surface area contributed by atoms with Crippen LogP contribution in [0.2, 0.25) is 0 Å². The third kappa shape index (κ3) is 7.00. The number of hydrogen-bond acceptors (Lipinski definition) is 8. The molecule has 28 heavy (non-hydrogen) atoms. The lowest BCUT2D eigenvalue weighted by atomic mass is 10.1. The maximum absolute atomic E-state index is 12.5. The van der Waals surface area contributed by atoms with E-state index in [0.29, 0.717) is 6.42 Å². The van der Waals surface area contributed by atoms with Crippen molar-refractivity contribution in [3.63, 3.8) is 0 Å². The Morgan fingerprint density at radius 2 is 1.79 bits per heavy atom. The van der Waals surface area contributed by atoms with Crippen LogP contribution in [0, 0.1) is 0 Å². The van der Waals surface area contributed by atoms with Crippen molar-refractivity contribution in [2.45, 2.75) is 103 Å². The highest BCUT2D eigenvalue weighted by molar-refractivity contribution is 7.47. The highest BCUT2D eigenvalue weighted by Crippen LogP contribution is 2.47. The van der Waals surface area contributed by atoms with E-state index in [1.54, 1.807) is 6.92 Å². The molecule has 0 saturated carbocycles. The topological polar surface area (TPSA) is 119 Å². The van der Waals surface area contributed by atoms with Crippen molar-refractivity contribution in [2.75, 3.05) is 13.2 Å². The van der Waals surface area contributed by atoms with E-state index >= 15 is 0 Å². The lowest BCUT2D eigenvalue weighted by molar-refractivity contribution is -0.0701. The summed E-state index contributed by atoms with van der Waals surface area (Å²) in [7, 11) is -4.37. The Bertz CT molecular complexity index is 534. The average Bonchev–Trinajstić information content (AvgIpc) is 3.04. The first kappa shape index (κ1) is 24.2. The van der Waals surface area contributed by atoms with Gasteiger partial charge in [-0.3, -0.25) is 9.05 Å². The van der Waals surface area contributed by atoms with Crippen molar-refractivity contribution >= 4 is 7.82 Å². The third-order valence-corrected chi connectivity index (χ3v) is 5.75. The van der Waals surface area contributed by atoms with E-state index in [1.807, 2.05) is 34.6 Å². The van der Waals surface area contributed by atoms with E-state index in [0.717, 1.165) is 0 Å². The number of phosphoric ester groups is 1. The number of rotatable bonds is 10. The molecule has 2 aliphatic rings. The maximum Gasteiger partial charge on any atom is 0.472 e. The van der Waals surface area contributed by atoms with Crippen molar-refractivity contribution in [3.05, 3.63) is 0 Å². The molecule has 10 heteroatoms. The summed E-state index contributed by atoms with van der Waals surface area (Å²) in [4.78, 5) is 10.2. The van der Waals surface area contributed by atoms with Crippen LogP contribution in [0.25, 0.3) is 0 Å². The summed E-state index contributed by atoms with van der Waals surface area (Å²) in [6.45, 7) is 11.5. The molecule has 0 aromatic carbocycles. The summed E-state index contributed by atoms with van der Waals surface area (Å²) < 4.78 is 46.0. The van der Waals surface area contributed by atoms with Crippen LogP contribution in [0.15, 0.2) is 0 Å². The van der Waals surface area contributed by atoms with Crippen LogP contribution in [0.1, 0.15) is 48.0 Å². The minimum Gasteiger partial charge on any atom is -0.376 e. The molecule has 0 bridgehead atoms. The fourth-order valence-electron chi connectivity index (χ4n) is 3.43.